The van der Waals surface area contributed by atoms with Gasteiger partial charge in [-0.25, -0.2) is 0 Å². The molecular formula is C13H17N3O3. The van der Waals surface area contributed by atoms with Crippen LogP contribution in [0.1, 0.15) is 16.8 Å². The first kappa shape index (κ1) is 14.8. The lowest BCUT2D eigenvalue weighted by atomic mass is 10.1. The molecule has 1 amide bonds. The maximum absolute atomic E-state index is 11.9. The van der Waals surface area contributed by atoms with E-state index in [-0.39, 0.29) is 30.4 Å². The van der Waals surface area contributed by atoms with Gasteiger partial charge in [0.25, 0.3) is 5.91 Å². The van der Waals surface area contributed by atoms with Crippen LogP contribution in [0.2, 0.25) is 0 Å². The zero-order valence-corrected chi connectivity index (χ0v) is 10.6. The first-order chi connectivity index (χ1) is 8.89. The monoisotopic (exact) mass is 263 g/mol. The van der Waals surface area contributed by atoms with Crippen LogP contribution in [0.3, 0.4) is 0 Å². The summed E-state index contributed by atoms with van der Waals surface area (Å²) in [6.07, 6.45) is 5.26. The number of ether oxygens (including phenoxy) is 1. The van der Waals surface area contributed by atoms with Gasteiger partial charge in [0.2, 0.25) is 0 Å². The molecule has 0 unspecified atom stereocenters. The summed E-state index contributed by atoms with van der Waals surface area (Å²) >= 11 is 0. The molecule has 1 aromatic carbocycles. The zero-order chi connectivity index (χ0) is 14.5. The minimum Gasteiger partial charge on any atom is -0.504 e. The van der Waals surface area contributed by atoms with Gasteiger partial charge in [-0.05, 0) is 18.2 Å². The van der Waals surface area contributed by atoms with Gasteiger partial charge >= 0.3 is 0 Å². The quantitative estimate of drug-likeness (QED) is 0.433. The summed E-state index contributed by atoms with van der Waals surface area (Å²) in [5, 5.41) is 12.0. The van der Waals surface area contributed by atoms with E-state index in [4.69, 9.17) is 22.6 Å². The number of methoxy groups -OCH3 is 1. The van der Waals surface area contributed by atoms with Gasteiger partial charge in [-0.15, -0.1) is 12.3 Å². The molecule has 0 fully saturated rings. The minimum absolute atomic E-state index is 0.0409. The molecule has 19 heavy (non-hydrogen) atoms. The number of nitrogens with one attached hydrogen (secondary N) is 1. The predicted molar refractivity (Wildman–Crippen MR) is 71.5 cm³/mol. The summed E-state index contributed by atoms with van der Waals surface area (Å²) in [7, 11) is 1.40. The number of amides is 1. The molecule has 0 heterocycles. The van der Waals surface area contributed by atoms with Crippen molar-refractivity contribution in [2.45, 2.75) is 12.1 Å². The van der Waals surface area contributed by atoms with Crippen molar-refractivity contribution in [1.29, 1.82) is 0 Å². The van der Waals surface area contributed by atoms with E-state index < -0.39 is 5.66 Å². The SMILES string of the molecule is C#CCC(N)(N)CNC(=O)c1ccc(O)c(OC)c1. The number of carbonyl (C=O) groups excluding carboxylic acids is 1. The lowest BCUT2D eigenvalue weighted by Gasteiger charge is -2.22. The van der Waals surface area contributed by atoms with Gasteiger partial charge in [0.15, 0.2) is 11.5 Å². The van der Waals surface area contributed by atoms with E-state index >= 15 is 0 Å². The van der Waals surface area contributed by atoms with Gasteiger partial charge in [0, 0.05) is 18.5 Å². The lowest BCUT2D eigenvalue weighted by molar-refractivity contribution is 0.0943. The van der Waals surface area contributed by atoms with Crippen LogP contribution in [0.5, 0.6) is 11.5 Å². The Bertz CT molecular complexity index is 506. The Labute approximate surface area is 111 Å². The molecule has 0 radical (unpaired) electrons. The van der Waals surface area contributed by atoms with Crippen LogP contribution in [0.25, 0.3) is 0 Å². The number of nitrogens with two attached hydrogens (primary N) is 2. The Morgan fingerprint density at radius 3 is 2.84 bits per heavy atom. The molecule has 0 spiro atoms. The highest BCUT2D eigenvalue weighted by Crippen LogP contribution is 2.26. The van der Waals surface area contributed by atoms with Gasteiger partial charge in [-0.1, -0.05) is 0 Å². The summed E-state index contributed by atoms with van der Waals surface area (Å²) in [5.41, 5.74) is 10.6. The second-order valence-corrected chi connectivity index (χ2v) is 4.18. The van der Waals surface area contributed by atoms with Crippen molar-refractivity contribution in [3.05, 3.63) is 23.8 Å². The molecule has 0 saturated heterocycles. The Balaban J connectivity index is 2.72. The number of terminal acetylenes is 1. The summed E-state index contributed by atoms with van der Waals surface area (Å²) < 4.78 is 4.91. The Kier molecular flexibility index (Phi) is 4.75. The molecule has 0 aliphatic carbocycles. The van der Waals surface area contributed by atoms with Crippen molar-refractivity contribution in [2.24, 2.45) is 11.5 Å². The van der Waals surface area contributed by atoms with Crippen molar-refractivity contribution in [3.8, 4) is 23.8 Å². The molecule has 1 rings (SSSR count). The molecule has 6 N–H and O–H groups in total. The molecular weight excluding hydrogens is 246 g/mol. The number of rotatable bonds is 5. The first-order valence-corrected chi connectivity index (χ1v) is 5.56. The Hall–Kier alpha value is -2.23. The van der Waals surface area contributed by atoms with Crippen LogP contribution >= 0.6 is 0 Å². The lowest BCUT2D eigenvalue weighted by Crippen LogP contribution is -2.57. The predicted octanol–water partition coefficient (Wildman–Crippen LogP) is -0.232. The van der Waals surface area contributed by atoms with Gasteiger partial charge < -0.3 is 26.6 Å². The average Bonchev–Trinajstić information content (AvgIpc) is 2.36. The van der Waals surface area contributed by atoms with Crippen LogP contribution in [0, 0.1) is 12.3 Å². The number of benzene rings is 1. The van der Waals surface area contributed by atoms with Crippen molar-refractivity contribution < 1.29 is 14.6 Å². The largest absolute Gasteiger partial charge is 0.504 e. The van der Waals surface area contributed by atoms with Crippen LogP contribution in [-0.2, 0) is 0 Å². The van der Waals surface area contributed by atoms with E-state index in [1.807, 2.05) is 0 Å². The van der Waals surface area contributed by atoms with Crippen molar-refractivity contribution in [2.75, 3.05) is 13.7 Å². The zero-order valence-electron chi connectivity index (χ0n) is 10.6. The molecule has 6 heteroatoms. The van der Waals surface area contributed by atoms with Gasteiger partial charge in [-0.2, -0.15) is 0 Å². The summed E-state index contributed by atoms with van der Waals surface area (Å²) in [6.45, 7) is 0.0409. The summed E-state index contributed by atoms with van der Waals surface area (Å²) in [6, 6.07) is 4.25. The van der Waals surface area contributed by atoms with Gasteiger partial charge in [0.05, 0.1) is 12.8 Å². The second kappa shape index (κ2) is 6.09. The fourth-order valence-corrected chi connectivity index (χ4v) is 1.42. The Morgan fingerprint density at radius 1 is 1.58 bits per heavy atom. The Morgan fingerprint density at radius 2 is 2.26 bits per heavy atom. The third-order valence-electron chi connectivity index (χ3n) is 2.45. The van der Waals surface area contributed by atoms with E-state index in [1.165, 1.54) is 25.3 Å². The van der Waals surface area contributed by atoms with Crippen molar-refractivity contribution >= 4 is 5.91 Å². The second-order valence-electron chi connectivity index (χ2n) is 4.18. The molecule has 0 aliphatic rings. The molecule has 0 bridgehead atoms. The standard InChI is InChI=1S/C13H17N3O3/c1-3-6-13(14,15)8-16-12(18)9-4-5-10(17)11(7-9)19-2/h1,4-5,7,17H,6,8,14-15H2,2H3,(H,16,18). The fourth-order valence-electron chi connectivity index (χ4n) is 1.42. The third kappa shape index (κ3) is 4.17. The van der Waals surface area contributed by atoms with Crippen molar-refractivity contribution in [3.63, 3.8) is 0 Å². The van der Waals surface area contributed by atoms with Gasteiger partial charge in [-0.3, -0.25) is 4.79 Å². The number of hydrogen-bond acceptors (Lipinski definition) is 5. The van der Waals surface area contributed by atoms with E-state index in [0.717, 1.165) is 0 Å². The number of hydrogen-bond donors (Lipinski definition) is 4. The highest BCUT2D eigenvalue weighted by atomic mass is 16.5. The van der Waals surface area contributed by atoms with Crippen LogP contribution in [-0.4, -0.2) is 30.3 Å². The highest BCUT2D eigenvalue weighted by molar-refractivity contribution is 5.94. The van der Waals surface area contributed by atoms with Crippen LogP contribution in [0.15, 0.2) is 18.2 Å². The summed E-state index contributed by atoms with van der Waals surface area (Å²) in [4.78, 5) is 11.9. The average molecular weight is 263 g/mol. The first-order valence-electron chi connectivity index (χ1n) is 5.56. The molecule has 0 atom stereocenters. The van der Waals surface area contributed by atoms with Gasteiger partial charge in [0.1, 0.15) is 0 Å². The highest BCUT2D eigenvalue weighted by Gasteiger charge is 2.19. The molecule has 6 nitrogen and oxygen atoms in total. The number of phenolic OH excluding ortho intramolecular Hbond substituents is 1. The van der Waals surface area contributed by atoms with E-state index in [2.05, 4.69) is 11.2 Å². The smallest absolute Gasteiger partial charge is 0.251 e. The maximum Gasteiger partial charge on any atom is 0.251 e. The molecule has 1 aromatic rings. The topological polar surface area (TPSA) is 111 Å². The van der Waals surface area contributed by atoms with E-state index in [1.54, 1.807) is 0 Å². The third-order valence-corrected chi connectivity index (χ3v) is 2.45. The van der Waals surface area contributed by atoms with E-state index in [9.17, 15) is 9.90 Å². The number of aromatic hydroxyl groups is 1. The molecule has 102 valence electrons. The maximum atomic E-state index is 11.9. The molecule has 0 aromatic heterocycles. The normalized spacial score (nSPS) is 10.6. The van der Waals surface area contributed by atoms with E-state index in [0.29, 0.717) is 5.56 Å². The molecule has 0 saturated carbocycles. The van der Waals surface area contributed by atoms with Crippen molar-refractivity contribution in [1.82, 2.24) is 5.32 Å². The molecule has 0 aliphatic heterocycles. The van der Waals surface area contributed by atoms with Crippen LogP contribution < -0.4 is 21.5 Å². The fraction of sp³-hybridized carbons (Fsp3) is 0.308. The summed E-state index contributed by atoms with van der Waals surface area (Å²) in [5.74, 6) is 2.13. The minimum atomic E-state index is -1.15. The number of phenols is 1. The number of carbonyl (C=O) groups is 1. The van der Waals surface area contributed by atoms with Crippen LogP contribution in [0.4, 0.5) is 0 Å².